The van der Waals surface area contributed by atoms with Crippen molar-refractivity contribution in [3.05, 3.63) is 71.8 Å². The van der Waals surface area contributed by atoms with Crippen molar-refractivity contribution in [2.75, 3.05) is 19.2 Å². The molecular formula is C26H22N6O7. The van der Waals surface area contributed by atoms with E-state index in [-0.39, 0.29) is 40.0 Å². The van der Waals surface area contributed by atoms with E-state index in [1.54, 1.807) is 31.2 Å². The minimum Gasteiger partial charge on any atom is -0.494 e. The van der Waals surface area contributed by atoms with Crippen LogP contribution in [0.1, 0.15) is 27.6 Å². The Hall–Kier alpha value is -5.46. The van der Waals surface area contributed by atoms with E-state index < -0.39 is 23.5 Å². The Morgan fingerprint density at radius 1 is 0.846 bits per heavy atom. The minimum atomic E-state index is -1.41. The number of azo groups is 2. The monoisotopic (exact) mass is 530 g/mol. The lowest BCUT2D eigenvalue weighted by Gasteiger charge is -2.12. The Bertz CT molecular complexity index is 1540. The molecule has 39 heavy (non-hydrogen) atoms. The number of amides is 1. The summed E-state index contributed by atoms with van der Waals surface area (Å²) >= 11 is 0. The van der Waals surface area contributed by atoms with E-state index in [1.165, 1.54) is 37.4 Å². The van der Waals surface area contributed by atoms with Crippen LogP contribution in [0.3, 0.4) is 0 Å². The van der Waals surface area contributed by atoms with Gasteiger partial charge in [-0.15, -0.1) is 5.11 Å². The van der Waals surface area contributed by atoms with Crippen molar-refractivity contribution in [3.8, 4) is 11.5 Å². The summed E-state index contributed by atoms with van der Waals surface area (Å²) < 4.78 is 10.8. The molecule has 0 aliphatic carbocycles. The van der Waals surface area contributed by atoms with Gasteiger partial charge in [0, 0.05) is 12.1 Å². The molecule has 1 amide bonds. The minimum absolute atomic E-state index is 0.111. The fourth-order valence-corrected chi connectivity index (χ4v) is 3.65. The average molecular weight is 530 g/mol. The van der Waals surface area contributed by atoms with Crippen LogP contribution < -0.4 is 14.5 Å². The lowest BCUT2D eigenvalue weighted by Crippen LogP contribution is -2.29. The molecule has 0 bridgehead atoms. The number of carbonyl (C=O) groups is 3. The number of para-hydroxylation sites is 1. The first-order valence-corrected chi connectivity index (χ1v) is 11.4. The first-order valence-electron chi connectivity index (χ1n) is 11.4. The van der Waals surface area contributed by atoms with Gasteiger partial charge in [0.05, 0.1) is 42.4 Å². The second kappa shape index (κ2) is 11.3. The quantitative estimate of drug-likeness (QED) is 0.348. The van der Waals surface area contributed by atoms with Crippen molar-refractivity contribution >= 4 is 46.3 Å². The van der Waals surface area contributed by atoms with Gasteiger partial charge in [-0.1, -0.05) is 18.2 Å². The summed E-state index contributed by atoms with van der Waals surface area (Å²) in [7, 11) is 2.82. The number of carboxylic acid groups (broad SMARTS) is 2. The van der Waals surface area contributed by atoms with Crippen LogP contribution in [0.4, 0.5) is 22.7 Å². The summed E-state index contributed by atoms with van der Waals surface area (Å²) in [6.07, 6.45) is 0. The van der Waals surface area contributed by atoms with E-state index in [9.17, 15) is 24.6 Å². The van der Waals surface area contributed by atoms with Gasteiger partial charge in [-0.3, -0.25) is 4.79 Å². The number of ether oxygens (including phenoxy) is 2. The molecule has 1 atom stereocenters. The predicted octanol–water partition coefficient (Wildman–Crippen LogP) is 5.39. The Kier molecular flexibility index (Phi) is 7.70. The molecule has 1 aliphatic rings. The third-order valence-electron chi connectivity index (χ3n) is 5.60. The van der Waals surface area contributed by atoms with Crippen molar-refractivity contribution in [1.82, 2.24) is 0 Å². The van der Waals surface area contributed by atoms with Gasteiger partial charge in [-0.05, 0) is 37.3 Å². The summed E-state index contributed by atoms with van der Waals surface area (Å²) in [5.74, 6) is -2.65. The Labute approximate surface area is 221 Å². The van der Waals surface area contributed by atoms with Crippen molar-refractivity contribution < 1.29 is 34.1 Å². The molecule has 0 aromatic heterocycles. The average Bonchev–Trinajstić information content (AvgIpc) is 3.23. The highest BCUT2D eigenvalue weighted by Gasteiger charge is 2.34. The van der Waals surface area contributed by atoms with Crippen LogP contribution in [0.25, 0.3) is 0 Å². The fraction of sp³-hybridized carbons (Fsp3) is 0.154. The van der Waals surface area contributed by atoms with E-state index in [2.05, 4.69) is 25.6 Å². The Morgan fingerprint density at radius 2 is 1.46 bits per heavy atom. The Balaban J connectivity index is 1.61. The molecule has 0 saturated carbocycles. The van der Waals surface area contributed by atoms with Gasteiger partial charge in [0.25, 0.3) is 5.91 Å². The van der Waals surface area contributed by atoms with Crippen LogP contribution in [0.2, 0.25) is 0 Å². The molecule has 1 heterocycles. The highest BCUT2D eigenvalue weighted by atomic mass is 16.5. The van der Waals surface area contributed by atoms with Gasteiger partial charge in [0.15, 0.2) is 6.04 Å². The third-order valence-corrected chi connectivity index (χ3v) is 5.60. The SMILES string of the molecule is COc1cc(N=NC2C(=O)N(c3ccccc3)N=C2C)c(OC)cc1N=Nc1ccc(C(=O)O)c(C(=O)O)c1. The van der Waals surface area contributed by atoms with E-state index in [0.717, 1.165) is 12.1 Å². The molecule has 1 unspecified atom stereocenters. The van der Waals surface area contributed by atoms with E-state index in [4.69, 9.17) is 9.47 Å². The number of nitrogens with zero attached hydrogens (tertiary/aromatic N) is 6. The molecular weight excluding hydrogens is 508 g/mol. The number of carboxylic acids is 2. The number of benzene rings is 3. The van der Waals surface area contributed by atoms with Crippen LogP contribution in [-0.2, 0) is 4.79 Å². The van der Waals surface area contributed by atoms with Crippen molar-refractivity contribution in [2.24, 2.45) is 25.6 Å². The van der Waals surface area contributed by atoms with Gasteiger partial charge in [0.1, 0.15) is 22.9 Å². The van der Waals surface area contributed by atoms with Crippen LogP contribution >= 0.6 is 0 Å². The number of methoxy groups -OCH3 is 2. The second-order valence-corrected chi connectivity index (χ2v) is 8.08. The molecule has 3 aromatic carbocycles. The van der Waals surface area contributed by atoms with Crippen LogP contribution in [-0.4, -0.2) is 54.0 Å². The molecule has 0 saturated heterocycles. The van der Waals surface area contributed by atoms with Crippen molar-refractivity contribution in [3.63, 3.8) is 0 Å². The molecule has 0 spiro atoms. The van der Waals surface area contributed by atoms with E-state index >= 15 is 0 Å². The van der Waals surface area contributed by atoms with Gasteiger partial charge in [-0.2, -0.15) is 25.5 Å². The lowest BCUT2D eigenvalue weighted by atomic mass is 10.1. The molecule has 0 radical (unpaired) electrons. The number of aromatic carboxylic acids is 2. The normalized spacial score (nSPS) is 15.2. The Morgan fingerprint density at radius 3 is 2.05 bits per heavy atom. The number of hydrogen-bond acceptors (Lipinski definition) is 10. The summed E-state index contributed by atoms with van der Waals surface area (Å²) in [5.41, 5.74) is 0.872. The van der Waals surface area contributed by atoms with Gasteiger partial charge in [0.2, 0.25) is 0 Å². The maximum atomic E-state index is 12.9. The van der Waals surface area contributed by atoms with Crippen LogP contribution in [0.15, 0.2) is 86.2 Å². The first kappa shape index (κ1) is 26.6. The third kappa shape index (κ3) is 5.61. The summed E-state index contributed by atoms with van der Waals surface area (Å²) in [5, 5.41) is 40.6. The first-order chi connectivity index (χ1) is 18.7. The molecule has 3 aromatic rings. The zero-order valence-electron chi connectivity index (χ0n) is 21.0. The van der Waals surface area contributed by atoms with Gasteiger partial charge < -0.3 is 19.7 Å². The molecule has 4 rings (SSSR count). The standard InChI is InChI=1S/C26H22N6O7/c1-14-23(24(33)32(31-14)16-7-5-4-6-8-16)30-29-20-13-21(38-2)19(12-22(20)39-3)28-27-15-9-10-17(25(34)35)18(11-15)26(36)37/h4-13,23H,1-3H3,(H,34,35)(H,36,37). The molecule has 13 heteroatoms. The zero-order chi connectivity index (χ0) is 28.1. The number of carbonyl (C=O) groups excluding carboxylic acids is 1. The number of hydrogen-bond donors (Lipinski definition) is 2. The van der Waals surface area contributed by atoms with Gasteiger partial charge >= 0.3 is 11.9 Å². The van der Waals surface area contributed by atoms with Gasteiger partial charge in [-0.25, -0.2) is 9.59 Å². The lowest BCUT2D eigenvalue weighted by molar-refractivity contribution is -0.117. The fourth-order valence-electron chi connectivity index (χ4n) is 3.65. The molecule has 1 aliphatic heterocycles. The van der Waals surface area contributed by atoms with Crippen LogP contribution in [0, 0.1) is 0 Å². The predicted molar refractivity (Wildman–Crippen MR) is 139 cm³/mol. The molecule has 198 valence electrons. The van der Waals surface area contributed by atoms with Crippen molar-refractivity contribution in [2.45, 2.75) is 13.0 Å². The van der Waals surface area contributed by atoms with E-state index in [0.29, 0.717) is 11.4 Å². The number of hydrazone groups is 1. The second-order valence-electron chi connectivity index (χ2n) is 8.08. The molecule has 13 nitrogen and oxygen atoms in total. The smallest absolute Gasteiger partial charge is 0.336 e. The van der Waals surface area contributed by atoms with Crippen molar-refractivity contribution in [1.29, 1.82) is 0 Å². The number of rotatable bonds is 9. The van der Waals surface area contributed by atoms with Crippen LogP contribution in [0.5, 0.6) is 11.5 Å². The highest BCUT2D eigenvalue weighted by Crippen LogP contribution is 2.41. The molecule has 0 fully saturated rings. The van der Waals surface area contributed by atoms with E-state index in [1.807, 2.05) is 6.07 Å². The summed E-state index contributed by atoms with van der Waals surface area (Å²) in [6, 6.07) is 14.6. The number of anilines is 1. The largest absolute Gasteiger partial charge is 0.494 e. The topological polar surface area (TPSA) is 175 Å². The maximum absolute atomic E-state index is 12.9. The summed E-state index contributed by atoms with van der Waals surface area (Å²) in [4.78, 5) is 35.6. The zero-order valence-corrected chi connectivity index (χ0v) is 21.0. The highest BCUT2D eigenvalue weighted by molar-refractivity contribution is 6.18. The summed E-state index contributed by atoms with van der Waals surface area (Å²) in [6.45, 7) is 1.69. The maximum Gasteiger partial charge on any atom is 0.336 e. The molecule has 2 N–H and O–H groups in total.